The van der Waals surface area contributed by atoms with E-state index in [9.17, 15) is 0 Å². The van der Waals surface area contributed by atoms with Crippen LogP contribution in [0.3, 0.4) is 0 Å². The average Bonchev–Trinajstić information content (AvgIpc) is 2.97. The van der Waals surface area contributed by atoms with E-state index in [0.717, 1.165) is 72.6 Å². The second-order valence-electron chi connectivity index (χ2n) is 8.89. The highest BCUT2D eigenvalue weighted by Gasteiger charge is 2.02. The van der Waals surface area contributed by atoms with Crippen molar-refractivity contribution in [1.29, 1.82) is 10.5 Å². The fraction of sp³-hybridized carbons (Fsp3) is 0.235. The van der Waals surface area contributed by atoms with E-state index in [1.807, 2.05) is 72.8 Å². The Bertz CT molecular complexity index is 1220. The van der Waals surface area contributed by atoms with Gasteiger partial charge in [-0.2, -0.15) is 10.5 Å². The number of rotatable bonds is 12. The van der Waals surface area contributed by atoms with E-state index in [4.69, 9.17) is 20.0 Å². The molecule has 0 fully saturated rings. The molecule has 4 aromatic rings. The monoisotopic (exact) mass is 502 g/mol. The van der Waals surface area contributed by atoms with Crippen molar-refractivity contribution in [1.82, 2.24) is 0 Å². The summed E-state index contributed by atoms with van der Waals surface area (Å²) in [6.07, 6.45) is 5.53. The van der Waals surface area contributed by atoms with Gasteiger partial charge in [0.25, 0.3) is 0 Å². The predicted molar refractivity (Wildman–Crippen MR) is 154 cm³/mol. The fourth-order valence-corrected chi connectivity index (χ4v) is 4.08. The Morgan fingerprint density at radius 3 is 1.03 bits per heavy atom. The van der Waals surface area contributed by atoms with Gasteiger partial charge in [0.05, 0.1) is 36.5 Å². The van der Waals surface area contributed by atoms with Gasteiger partial charge < -0.3 is 9.47 Å². The normalized spacial score (nSPS) is 10.1. The standard InChI is InChI=1S/C33H30N2O2.CH4/c34-24-26-6-10-28(11-7-26)30-14-18-32(19-15-30)36-22-4-2-1-3-5-23-37-33-20-16-31(17-21-33)29-12-8-27(25-35)9-13-29;/h6-21H,1-5,22-23H2;1H4. The molecule has 4 rings (SSSR count). The van der Waals surface area contributed by atoms with Crippen LogP contribution in [0.2, 0.25) is 0 Å². The Kier molecular flexibility index (Phi) is 11.0. The average molecular weight is 503 g/mol. The number of ether oxygens (including phenoxy) is 2. The Morgan fingerprint density at radius 2 is 0.711 bits per heavy atom. The van der Waals surface area contributed by atoms with Crippen LogP contribution in [0, 0.1) is 22.7 Å². The molecule has 0 aliphatic rings. The minimum atomic E-state index is 0. The second kappa shape index (κ2) is 14.9. The number of unbranched alkanes of at least 4 members (excludes halogenated alkanes) is 4. The smallest absolute Gasteiger partial charge is 0.119 e. The third-order valence-corrected chi connectivity index (χ3v) is 6.23. The van der Waals surface area contributed by atoms with Gasteiger partial charge in [0.15, 0.2) is 0 Å². The first-order chi connectivity index (χ1) is 18.2. The molecule has 0 atom stereocenters. The Balaban J connectivity index is 0.00000400. The lowest BCUT2D eigenvalue weighted by Crippen LogP contribution is -1.99. The minimum absolute atomic E-state index is 0. The molecule has 0 aliphatic carbocycles. The SMILES string of the molecule is C.N#Cc1ccc(-c2ccc(OCCCCCCCOc3ccc(-c4ccc(C#N)cc4)cc3)cc2)cc1. The summed E-state index contributed by atoms with van der Waals surface area (Å²) in [6.45, 7) is 1.44. The molecule has 0 unspecified atom stereocenters. The van der Waals surface area contributed by atoms with E-state index in [-0.39, 0.29) is 7.43 Å². The van der Waals surface area contributed by atoms with Crippen LogP contribution in [0.1, 0.15) is 50.7 Å². The van der Waals surface area contributed by atoms with Crippen molar-refractivity contribution in [2.45, 2.75) is 39.5 Å². The number of nitriles is 2. The van der Waals surface area contributed by atoms with Gasteiger partial charge in [-0.25, -0.2) is 0 Å². The lowest BCUT2D eigenvalue weighted by molar-refractivity contribution is 0.293. The van der Waals surface area contributed by atoms with Crippen molar-refractivity contribution in [3.05, 3.63) is 108 Å². The van der Waals surface area contributed by atoms with Gasteiger partial charge in [-0.15, -0.1) is 0 Å². The fourth-order valence-electron chi connectivity index (χ4n) is 4.08. The van der Waals surface area contributed by atoms with Gasteiger partial charge in [0.2, 0.25) is 0 Å². The molecule has 38 heavy (non-hydrogen) atoms. The van der Waals surface area contributed by atoms with E-state index in [1.54, 1.807) is 0 Å². The molecule has 4 heteroatoms. The van der Waals surface area contributed by atoms with Crippen molar-refractivity contribution >= 4 is 0 Å². The molecule has 0 heterocycles. The maximum atomic E-state index is 8.92. The summed E-state index contributed by atoms with van der Waals surface area (Å²) in [5, 5.41) is 17.8. The van der Waals surface area contributed by atoms with E-state index in [0.29, 0.717) is 11.1 Å². The van der Waals surface area contributed by atoms with Crippen molar-refractivity contribution in [3.63, 3.8) is 0 Å². The molecule has 0 radical (unpaired) electrons. The summed E-state index contributed by atoms with van der Waals surface area (Å²) in [5.41, 5.74) is 5.75. The molecular formula is C34H34N2O2. The van der Waals surface area contributed by atoms with Crippen molar-refractivity contribution in [3.8, 4) is 45.9 Å². The van der Waals surface area contributed by atoms with Gasteiger partial charge in [-0.05, 0) is 83.6 Å². The molecule has 0 spiro atoms. The van der Waals surface area contributed by atoms with Crippen molar-refractivity contribution < 1.29 is 9.47 Å². The Hall–Kier alpha value is -4.54. The van der Waals surface area contributed by atoms with E-state index in [1.165, 1.54) is 6.42 Å². The van der Waals surface area contributed by atoms with E-state index >= 15 is 0 Å². The van der Waals surface area contributed by atoms with Gasteiger partial charge in [0, 0.05) is 0 Å². The Morgan fingerprint density at radius 1 is 0.421 bits per heavy atom. The zero-order valence-electron chi connectivity index (χ0n) is 20.9. The van der Waals surface area contributed by atoms with E-state index < -0.39 is 0 Å². The third kappa shape index (κ3) is 8.26. The van der Waals surface area contributed by atoms with Crippen LogP contribution >= 0.6 is 0 Å². The second-order valence-corrected chi connectivity index (χ2v) is 8.89. The topological polar surface area (TPSA) is 66.0 Å². The zero-order valence-corrected chi connectivity index (χ0v) is 20.9. The summed E-state index contributed by atoms with van der Waals surface area (Å²) in [6, 6.07) is 35.7. The van der Waals surface area contributed by atoms with E-state index in [2.05, 4.69) is 36.4 Å². The molecule has 0 N–H and O–H groups in total. The van der Waals surface area contributed by atoms with Crippen molar-refractivity contribution in [2.24, 2.45) is 0 Å². The van der Waals surface area contributed by atoms with Crippen LogP contribution in [0.15, 0.2) is 97.1 Å². The molecule has 0 amide bonds. The largest absolute Gasteiger partial charge is 0.494 e. The summed E-state index contributed by atoms with van der Waals surface area (Å²) >= 11 is 0. The van der Waals surface area contributed by atoms with Gasteiger partial charge in [-0.1, -0.05) is 75.2 Å². The third-order valence-electron chi connectivity index (χ3n) is 6.23. The first-order valence-corrected chi connectivity index (χ1v) is 12.7. The highest BCUT2D eigenvalue weighted by atomic mass is 16.5. The van der Waals surface area contributed by atoms with Crippen LogP contribution in [0.5, 0.6) is 11.5 Å². The molecule has 0 aromatic heterocycles. The van der Waals surface area contributed by atoms with Crippen LogP contribution < -0.4 is 9.47 Å². The zero-order chi connectivity index (χ0) is 25.7. The molecule has 0 saturated carbocycles. The molecule has 192 valence electrons. The predicted octanol–water partition coefficient (Wildman–Crippen LogP) is 8.81. The van der Waals surface area contributed by atoms with Gasteiger partial charge in [-0.3, -0.25) is 0 Å². The van der Waals surface area contributed by atoms with Crippen LogP contribution in [0.4, 0.5) is 0 Å². The molecule has 0 saturated heterocycles. The lowest BCUT2D eigenvalue weighted by atomic mass is 10.0. The first-order valence-electron chi connectivity index (χ1n) is 12.7. The Labute approximate surface area is 226 Å². The molecular weight excluding hydrogens is 468 g/mol. The lowest BCUT2D eigenvalue weighted by Gasteiger charge is -2.09. The molecule has 4 nitrogen and oxygen atoms in total. The number of hydrogen-bond acceptors (Lipinski definition) is 4. The maximum absolute atomic E-state index is 8.92. The summed E-state index contributed by atoms with van der Waals surface area (Å²) in [4.78, 5) is 0. The first kappa shape index (κ1) is 28.0. The summed E-state index contributed by atoms with van der Waals surface area (Å²) in [7, 11) is 0. The minimum Gasteiger partial charge on any atom is -0.494 e. The molecule has 4 aromatic carbocycles. The number of nitrogens with zero attached hydrogens (tertiary/aromatic N) is 2. The van der Waals surface area contributed by atoms with Gasteiger partial charge in [0.1, 0.15) is 11.5 Å². The highest BCUT2D eigenvalue weighted by Crippen LogP contribution is 2.24. The quantitative estimate of drug-likeness (QED) is 0.182. The highest BCUT2D eigenvalue weighted by molar-refractivity contribution is 5.65. The van der Waals surface area contributed by atoms with Crippen LogP contribution in [-0.2, 0) is 0 Å². The maximum Gasteiger partial charge on any atom is 0.119 e. The van der Waals surface area contributed by atoms with Crippen LogP contribution in [-0.4, -0.2) is 13.2 Å². The summed E-state index contributed by atoms with van der Waals surface area (Å²) in [5.74, 6) is 1.77. The number of hydrogen-bond donors (Lipinski definition) is 0. The number of benzene rings is 4. The van der Waals surface area contributed by atoms with Crippen molar-refractivity contribution in [2.75, 3.05) is 13.2 Å². The summed E-state index contributed by atoms with van der Waals surface area (Å²) < 4.78 is 11.8. The van der Waals surface area contributed by atoms with Crippen LogP contribution in [0.25, 0.3) is 22.3 Å². The molecule has 0 bridgehead atoms. The van der Waals surface area contributed by atoms with Gasteiger partial charge >= 0.3 is 0 Å². The molecule has 0 aliphatic heterocycles.